The Bertz CT molecular complexity index is 1190. The van der Waals surface area contributed by atoms with Gasteiger partial charge >= 0.3 is 0 Å². The summed E-state index contributed by atoms with van der Waals surface area (Å²) in [7, 11) is -3.79. The molecule has 150 valence electrons. The molecule has 0 aliphatic carbocycles. The number of para-hydroxylation sites is 1. The van der Waals surface area contributed by atoms with Crippen LogP contribution in [0.15, 0.2) is 59.5 Å². The van der Waals surface area contributed by atoms with Crippen molar-refractivity contribution in [2.24, 2.45) is 0 Å². The lowest BCUT2D eigenvalue weighted by Crippen LogP contribution is -2.50. The molecule has 2 heterocycles. The minimum atomic E-state index is -3.79. The molecule has 1 amide bonds. The summed E-state index contributed by atoms with van der Waals surface area (Å²) in [6.07, 6.45) is 0. The molecule has 0 bridgehead atoms. The molecule has 9 heteroatoms. The van der Waals surface area contributed by atoms with E-state index in [1.165, 1.54) is 22.5 Å². The highest BCUT2D eigenvalue weighted by Gasteiger charge is 2.32. The largest absolute Gasteiger partial charge is 0.335 e. The van der Waals surface area contributed by atoms with Crippen molar-refractivity contribution in [1.82, 2.24) is 14.2 Å². The molecule has 0 radical (unpaired) electrons. The van der Waals surface area contributed by atoms with E-state index in [9.17, 15) is 13.2 Å². The van der Waals surface area contributed by atoms with E-state index in [2.05, 4.69) is 4.98 Å². The predicted molar refractivity (Wildman–Crippen MR) is 113 cm³/mol. The van der Waals surface area contributed by atoms with Crippen LogP contribution in [0, 0.1) is 0 Å². The highest BCUT2D eigenvalue weighted by Crippen LogP contribution is 2.28. The Labute approximate surface area is 178 Å². The maximum atomic E-state index is 12.9. The molecule has 0 unspecified atom stereocenters. The Kier molecular flexibility index (Phi) is 5.48. The lowest BCUT2D eigenvalue weighted by molar-refractivity contribution is 0.0692. The molecular formula is C20H17Cl2N3O3S. The summed E-state index contributed by atoms with van der Waals surface area (Å²) in [6.45, 7) is 0.879. The molecule has 1 aromatic heterocycles. The van der Waals surface area contributed by atoms with Crippen LogP contribution < -0.4 is 0 Å². The maximum Gasteiger partial charge on any atom is 0.272 e. The van der Waals surface area contributed by atoms with Gasteiger partial charge in [0.2, 0.25) is 10.0 Å². The number of rotatable bonds is 3. The lowest BCUT2D eigenvalue weighted by Gasteiger charge is -2.34. The number of carbonyl (C=O) groups excluding carboxylic acids is 1. The van der Waals surface area contributed by atoms with Crippen LogP contribution in [-0.2, 0) is 10.0 Å². The topological polar surface area (TPSA) is 70.6 Å². The second-order valence-electron chi connectivity index (χ2n) is 6.66. The molecule has 2 aromatic carbocycles. The molecular weight excluding hydrogens is 433 g/mol. The van der Waals surface area contributed by atoms with E-state index in [1.807, 2.05) is 30.3 Å². The third kappa shape index (κ3) is 3.96. The van der Waals surface area contributed by atoms with Crippen LogP contribution in [0.5, 0.6) is 0 Å². The van der Waals surface area contributed by atoms with Crippen LogP contribution in [0.2, 0.25) is 10.0 Å². The monoisotopic (exact) mass is 449 g/mol. The molecule has 0 saturated carbocycles. The van der Waals surface area contributed by atoms with Crippen molar-refractivity contribution >= 4 is 50.0 Å². The maximum absolute atomic E-state index is 12.9. The zero-order valence-electron chi connectivity index (χ0n) is 15.3. The summed E-state index contributed by atoms with van der Waals surface area (Å²) < 4.78 is 27.2. The van der Waals surface area contributed by atoms with Gasteiger partial charge in [0.25, 0.3) is 5.91 Å². The third-order valence-corrected chi connectivity index (χ3v) is 7.47. The van der Waals surface area contributed by atoms with Crippen molar-refractivity contribution in [3.63, 3.8) is 0 Å². The van der Waals surface area contributed by atoms with Crippen molar-refractivity contribution in [3.05, 3.63) is 70.3 Å². The summed E-state index contributed by atoms with van der Waals surface area (Å²) >= 11 is 12.0. The van der Waals surface area contributed by atoms with Crippen molar-refractivity contribution < 1.29 is 13.2 Å². The van der Waals surface area contributed by atoms with Crippen molar-refractivity contribution in [2.45, 2.75) is 4.90 Å². The standard InChI is InChI=1S/C20H17Cl2N3O3S/c21-15-6-7-16(22)19(13-15)29(27,28)25-11-9-24(10-12-25)20(26)18-8-5-14-3-1-2-4-17(14)23-18/h1-8,13H,9-12H2. The van der Waals surface area contributed by atoms with Gasteiger partial charge in [-0.05, 0) is 30.3 Å². The molecule has 1 aliphatic heterocycles. The first-order valence-corrected chi connectivity index (χ1v) is 11.2. The Morgan fingerprint density at radius 3 is 2.41 bits per heavy atom. The van der Waals surface area contributed by atoms with Gasteiger partial charge in [0.05, 0.1) is 10.5 Å². The van der Waals surface area contributed by atoms with Gasteiger partial charge in [0.1, 0.15) is 10.6 Å². The number of hydrogen-bond donors (Lipinski definition) is 0. The summed E-state index contributed by atoms with van der Waals surface area (Å²) in [6, 6.07) is 15.5. The van der Waals surface area contributed by atoms with E-state index in [1.54, 1.807) is 11.0 Å². The van der Waals surface area contributed by atoms with Crippen LogP contribution in [0.1, 0.15) is 10.5 Å². The van der Waals surface area contributed by atoms with E-state index >= 15 is 0 Å². The number of halogens is 2. The number of fused-ring (bicyclic) bond motifs is 1. The van der Waals surface area contributed by atoms with E-state index in [-0.39, 0.29) is 42.0 Å². The average Bonchev–Trinajstić information content (AvgIpc) is 2.74. The fraction of sp³-hybridized carbons (Fsp3) is 0.200. The quantitative estimate of drug-likeness (QED) is 0.611. The first-order valence-electron chi connectivity index (χ1n) is 8.96. The fourth-order valence-corrected chi connectivity index (χ4v) is 5.45. The predicted octanol–water partition coefficient (Wildman–Crippen LogP) is 3.69. The van der Waals surface area contributed by atoms with Gasteiger partial charge in [-0.3, -0.25) is 4.79 Å². The average molecular weight is 450 g/mol. The number of sulfonamides is 1. The molecule has 29 heavy (non-hydrogen) atoms. The van der Waals surface area contributed by atoms with E-state index < -0.39 is 10.0 Å². The van der Waals surface area contributed by atoms with Crippen LogP contribution in [0.25, 0.3) is 10.9 Å². The summed E-state index contributed by atoms with van der Waals surface area (Å²) in [5.74, 6) is -0.214. The molecule has 1 saturated heterocycles. The van der Waals surface area contributed by atoms with Gasteiger partial charge in [-0.2, -0.15) is 4.31 Å². The first-order chi connectivity index (χ1) is 13.9. The molecule has 1 aliphatic rings. The van der Waals surface area contributed by atoms with Gasteiger partial charge in [-0.25, -0.2) is 13.4 Å². The molecule has 6 nitrogen and oxygen atoms in total. The number of amides is 1. The van der Waals surface area contributed by atoms with Gasteiger partial charge in [-0.15, -0.1) is 0 Å². The second kappa shape index (κ2) is 7.91. The van der Waals surface area contributed by atoms with Gasteiger partial charge in [-0.1, -0.05) is 47.5 Å². The van der Waals surface area contributed by atoms with Crippen LogP contribution >= 0.6 is 23.2 Å². The summed E-state index contributed by atoms with van der Waals surface area (Å²) in [5, 5.41) is 1.37. The molecule has 4 rings (SSSR count). The van der Waals surface area contributed by atoms with Gasteiger partial charge in [0, 0.05) is 36.6 Å². The Morgan fingerprint density at radius 2 is 1.66 bits per heavy atom. The smallest absolute Gasteiger partial charge is 0.272 e. The highest BCUT2D eigenvalue weighted by molar-refractivity contribution is 7.89. The van der Waals surface area contributed by atoms with E-state index in [0.717, 1.165) is 10.9 Å². The summed E-state index contributed by atoms with van der Waals surface area (Å²) in [5.41, 5.74) is 1.09. The second-order valence-corrected chi connectivity index (χ2v) is 9.41. The minimum absolute atomic E-state index is 0.0253. The van der Waals surface area contributed by atoms with Crippen molar-refractivity contribution in [1.29, 1.82) is 0 Å². The Morgan fingerprint density at radius 1 is 0.931 bits per heavy atom. The molecule has 0 spiro atoms. The van der Waals surface area contributed by atoms with E-state index in [4.69, 9.17) is 23.2 Å². The number of hydrogen-bond acceptors (Lipinski definition) is 4. The van der Waals surface area contributed by atoms with Crippen LogP contribution in [-0.4, -0.2) is 54.7 Å². The first kappa shape index (κ1) is 20.1. The van der Waals surface area contributed by atoms with Gasteiger partial charge in [0.15, 0.2) is 0 Å². The normalized spacial score (nSPS) is 15.6. The van der Waals surface area contributed by atoms with Crippen molar-refractivity contribution in [3.8, 4) is 0 Å². The number of nitrogens with zero attached hydrogens (tertiary/aromatic N) is 3. The zero-order valence-corrected chi connectivity index (χ0v) is 17.6. The summed E-state index contributed by atoms with van der Waals surface area (Å²) in [4.78, 5) is 18.8. The third-order valence-electron chi connectivity index (χ3n) is 4.85. The van der Waals surface area contributed by atoms with E-state index in [0.29, 0.717) is 10.7 Å². The highest BCUT2D eigenvalue weighted by atomic mass is 35.5. The lowest BCUT2D eigenvalue weighted by atomic mass is 10.2. The Balaban J connectivity index is 1.49. The van der Waals surface area contributed by atoms with Gasteiger partial charge < -0.3 is 4.90 Å². The van der Waals surface area contributed by atoms with Crippen LogP contribution in [0.4, 0.5) is 0 Å². The van der Waals surface area contributed by atoms with Crippen LogP contribution in [0.3, 0.4) is 0 Å². The molecule has 3 aromatic rings. The molecule has 1 fully saturated rings. The number of pyridine rings is 1. The number of piperazine rings is 1. The number of aromatic nitrogens is 1. The molecule has 0 N–H and O–H groups in total. The number of benzene rings is 2. The SMILES string of the molecule is O=C(c1ccc2ccccc2n1)N1CCN(S(=O)(=O)c2cc(Cl)ccc2Cl)CC1. The van der Waals surface area contributed by atoms with Crippen molar-refractivity contribution in [2.75, 3.05) is 26.2 Å². The molecule has 0 atom stereocenters. The minimum Gasteiger partial charge on any atom is -0.335 e. The fourth-order valence-electron chi connectivity index (χ4n) is 3.29. The Hall–Kier alpha value is -2.19. The number of carbonyl (C=O) groups is 1. The zero-order chi connectivity index (χ0) is 20.6.